The van der Waals surface area contributed by atoms with Gasteiger partial charge in [-0.15, -0.1) is 5.06 Å². The van der Waals surface area contributed by atoms with E-state index in [1.807, 2.05) is 0 Å². The molecule has 7 heteroatoms. The molecule has 0 unspecified atom stereocenters. The number of hydrogen-bond acceptors (Lipinski definition) is 5. The number of amides is 2. The van der Waals surface area contributed by atoms with Crippen LogP contribution in [0.5, 0.6) is 0 Å². The molecule has 0 radical (unpaired) electrons. The van der Waals surface area contributed by atoms with Crippen molar-refractivity contribution in [2.24, 2.45) is 5.92 Å². The van der Waals surface area contributed by atoms with Crippen LogP contribution in [-0.4, -0.2) is 33.9 Å². The minimum absolute atomic E-state index is 0.0118. The van der Waals surface area contributed by atoms with Crippen molar-refractivity contribution in [2.75, 3.05) is 0 Å². The van der Waals surface area contributed by atoms with Crippen LogP contribution in [0.2, 0.25) is 0 Å². The first-order valence-corrected chi connectivity index (χ1v) is 9.27. The quantitative estimate of drug-likeness (QED) is 0.309. The highest BCUT2D eigenvalue weighted by molar-refractivity contribution is 6.02. The van der Waals surface area contributed by atoms with Crippen LogP contribution in [0.3, 0.4) is 0 Å². The van der Waals surface area contributed by atoms with Gasteiger partial charge in [0.05, 0.1) is 0 Å². The standard InChI is InChI=1S/C18H29NO6/c1-2-3-4-5-6-7-8-9-10-11-14(17(22)23)18(24)25-19-15(20)12-13-16(19)21/h14H,2-13H2,1H3,(H,22,23)/t14-/m0/s1. The van der Waals surface area contributed by atoms with E-state index in [2.05, 4.69) is 6.92 Å². The van der Waals surface area contributed by atoms with Gasteiger partial charge in [0, 0.05) is 12.8 Å². The number of imide groups is 1. The molecule has 1 N–H and O–H groups in total. The van der Waals surface area contributed by atoms with Crippen LogP contribution in [0.25, 0.3) is 0 Å². The maximum Gasteiger partial charge on any atom is 0.347 e. The summed E-state index contributed by atoms with van der Waals surface area (Å²) in [6.07, 6.45) is 9.88. The lowest BCUT2D eigenvalue weighted by atomic mass is 10.00. The van der Waals surface area contributed by atoms with Crippen molar-refractivity contribution in [3.63, 3.8) is 0 Å². The molecule has 1 aliphatic heterocycles. The van der Waals surface area contributed by atoms with Crippen molar-refractivity contribution >= 4 is 23.8 Å². The molecular formula is C18H29NO6. The van der Waals surface area contributed by atoms with Gasteiger partial charge in [-0.05, 0) is 6.42 Å². The SMILES string of the molecule is CCCCCCCCCCC[C@@H](C(=O)O)C(=O)ON1C(=O)CCC1=O. The molecule has 0 spiro atoms. The van der Waals surface area contributed by atoms with E-state index in [-0.39, 0.29) is 19.3 Å². The molecule has 1 saturated heterocycles. The summed E-state index contributed by atoms with van der Waals surface area (Å²) in [7, 11) is 0. The lowest BCUT2D eigenvalue weighted by molar-refractivity contribution is -0.202. The van der Waals surface area contributed by atoms with Crippen LogP contribution in [0.15, 0.2) is 0 Å². The number of carboxylic acids is 1. The Labute approximate surface area is 148 Å². The lowest BCUT2D eigenvalue weighted by Crippen LogP contribution is -2.36. The molecule has 0 bridgehead atoms. The van der Waals surface area contributed by atoms with E-state index in [4.69, 9.17) is 4.84 Å². The smallest absolute Gasteiger partial charge is 0.347 e. The van der Waals surface area contributed by atoms with Crippen molar-refractivity contribution in [3.05, 3.63) is 0 Å². The maximum absolute atomic E-state index is 11.9. The second-order valence-electron chi connectivity index (χ2n) is 6.50. The van der Waals surface area contributed by atoms with Crippen LogP contribution < -0.4 is 0 Å². The van der Waals surface area contributed by atoms with Crippen molar-refractivity contribution in [1.29, 1.82) is 0 Å². The molecule has 0 aromatic carbocycles. The lowest BCUT2D eigenvalue weighted by Gasteiger charge is -2.16. The number of hydroxylamine groups is 2. The maximum atomic E-state index is 11.9. The Balaban J connectivity index is 2.25. The zero-order valence-electron chi connectivity index (χ0n) is 15.0. The van der Waals surface area contributed by atoms with Crippen molar-refractivity contribution in [2.45, 2.75) is 84.0 Å². The third-order valence-corrected chi connectivity index (χ3v) is 4.37. The van der Waals surface area contributed by atoms with Gasteiger partial charge < -0.3 is 9.94 Å². The van der Waals surface area contributed by atoms with Gasteiger partial charge in [-0.25, -0.2) is 4.79 Å². The predicted octanol–water partition coefficient (Wildman–Crippen LogP) is 3.22. The van der Waals surface area contributed by atoms with Gasteiger partial charge in [0.2, 0.25) is 0 Å². The first kappa shape index (κ1) is 21.1. The van der Waals surface area contributed by atoms with E-state index < -0.39 is 29.7 Å². The molecule has 1 aliphatic rings. The average molecular weight is 355 g/mol. The van der Waals surface area contributed by atoms with Crippen LogP contribution in [0.1, 0.15) is 84.0 Å². The van der Waals surface area contributed by atoms with E-state index in [1.165, 1.54) is 32.1 Å². The Morgan fingerprint density at radius 3 is 1.92 bits per heavy atom. The first-order chi connectivity index (χ1) is 12.0. The zero-order chi connectivity index (χ0) is 18.7. The number of rotatable bonds is 13. The molecule has 1 rings (SSSR count). The summed E-state index contributed by atoms with van der Waals surface area (Å²) < 4.78 is 0. The molecule has 1 atom stereocenters. The number of carbonyl (C=O) groups excluding carboxylic acids is 3. The molecule has 2 amide bonds. The van der Waals surface area contributed by atoms with Gasteiger partial charge in [-0.1, -0.05) is 64.7 Å². The Bertz CT molecular complexity index is 460. The third kappa shape index (κ3) is 7.67. The molecule has 7 nitrogen and oxygen atoms in total. The van der Waals surface area contributed by atoms with Crippen molar-refractivity contribution in [1.82, 2.24) is 5.06 Å². The fourth-order valence-electron chi connectivity index (χ4n) is 2.81. The minimum Gasteiger partial charge on any atom is -0.481 e. The van der Waals surface area contributed by atoms with Gasteiger partial charge in [-0.2, -0.15) is 0 Å². The van der Waals surface area contributed by atoms with Gasteiger partial charge in [0.1, 0.15) is 0 Å². The second-order valence-corrected chi connectivity index (χ2v) is 6.50. The average Bonchev–Trinajstić information content (AvgIpc) is 2.88. The second kappa shape index (κ2) is 11.6. The number of unbranched alkanes of at least 4 members (excludes halogenated alkanes) is 8. The van der Waals surface area contributed by atoms with Crippen LogP contribution >= 0.6 is 0 Å². The van der Waals surface area contributed by atoms with E-state index in [0.29, 0.717) is 11.5 Å². The highest BCUT2D eigenvalue weighted by Gasteiger charge is 2.36. The molecule has 0 aliphatic carbocycles. The number of hydrogen-bond donors (Lipinski definition) is 1. The summed E-state index contributed by atoms with van der Waals surface area (Å²) in [5.41, 5.74) is 0. The van der Waals surface area contributed by atoms with Crippen LogP contribution in [0.4, 0.5) is 0 Å². The normalized spacial score (nSPS) is 15.5. The molecule has 142 valence electrons. The number of carbonyl (C=O) groups is 4. The summed E-state index contributed by atoms with van der Waals surface area (Å²) in [6.45, 7) is 2.18. The third-order valence-electron chi connectivity index (χ3n) is 4.37. The summed E-state index contributed by atoms with van der Waals surface area (Å²) in [4.78, 5) is 50.8. The fourth-order valence-corrected chi connectivity index (χ4v) is 2.81. The number of aliphatic carboxylic acids is 1. The molecule has 0 saturated carbocycles. The molecule has 25 heavy (non-hydrogen) atoms. The Hall–Kier alpha value is -1.92. The van der Waals surface area contributed by atoms with E-state index >= 15 is 0 Å². The van der Waals surface area contributed by atoms with E-state index in [9.17, 15) is 24.3 Å². The Kier molecular flexibility index (Phi) is 9.80. The van der Waals surface area contributed by atoms with Gasteiger partial charge in [-0.3, -0.25) is 14.4 Å². The molecule has 0 aromatic heterocycles. The zero-order valence-corrected chi connectivity index (χ0v) is 15.0. The largest absolute Gasteiger partial charge is 0.481 e. The Morgan fingerprint density at radius 1 is 0.960 bits per heavy atom. The number of carboxylic acid groups (broad SMARTS) is 1. The Morgan fingerprint density at radius 2 is 1.44 bits per heavy atom. The first-order valence-electron chi connectivity index (χ1n) is 9.27. The van der Waals surface area contributed by atoms with Crippen molar-refractivity contribution < 1.29 is 29.1 Å². The van der Waals surface area contributed by atoms with E-state index in [1.54, 1.807) is 0 Å². The van der Waals surface area contributed by atoms with Gasteiger partial charge in [0.25, 0.3) is 11.8 Å². The molecule has 1 heterocycles. The van der Waals surface area contributed by atoms with Crippen LogP contribution in [0, 0.1) is 5.92 Å². The molecule has 0 aromatic rings. The monoisotopic (exact) mass is 355 g/mol. The predicted molar refractivity (Wildman–Crippen MR) is 90.1 cm³/mol. The summed E-state index contributed by atoms with van der Waals surface area (Å²) in [5, 5.41) is 9.58. The minimum atomic E-state index is -1.34. The molecular weight excluding hydrogens is 326 g/mol. The summed E-state index contributed by atoms with van der Waals surface area (Å²) in [6, 6.07) is 0. The highest BCUT2D eigenvalue weighted by atomic mass is 16.7. The number of nitrogens with zero attached hydrogens (tertiary/aromatic N) is 1. The van der Waals surface area contributed by atoms with E-state index in [0.717, 1.165) is 19.3 Å². The molecule has 1 fully saturated rings. The van der Waals surface area contributed by atoms with Crippen LogP contribution in [-0.2, 0) is 24.0 Å². The van der Waals surface area contributed by atoms with Gasteiger partial charge >= 0.3 is 11.9 Å². The van der Waals surface area contributed by atoms with Crippen molar-refractivity contribution in [3.8, 4) is 0 Å². The summed E-state index contributed by atoms with van der Waals surface area (Å²) in [5.74, 6) is -4.89. The highest BCUT2D eigenvalue weighted by Crippen LogP contribution is 2.18. The summed E-state index contributed by atoms with van der Waals surface area (Å²) >= 11 is 0. The fraction of sp³-hybridized carbons (Fsp3) is 0.778. The van der Waals surface area contributed by atoms with Gasteiger partial charge in [0.15, 0.2) is 5.92 Å². The topological polar surface area (TPSA) is 101 Å².